The molecule has 2 heteroatoms. The Morgan fingerprint density at radius 3 is 1.14 bits per heavy atom. The first-order valence-corrected chi connectivity index (χ1v) is 9.57. The number of nitrogens with zero attached hydrogens (tertiary/aromatic N) is 2. The van der Waals surface area contributed by atoms with Crippen LogP contribution in [0.4, 0.5) is 0 Å². The van der Waals surface area contributed by atoms with Gasteiger partial charge in [0.1, 0.15) is 0 Å². The predicted octanol–water partition coefficient (Wildman–Crippen LogP) is 6.73. The molecule has 0 amide bonds. The van der Waals surface area contributed by atoms with E-state index in [0.29, 0.717) is 0 Å². The van der Waals surface area contributed by atoms with Crippen LogP contribution in [0.15, 0.2) is 109 Å². The standard InChI is InChI=1S/C26H18N2/c1-3-11-19(12-4-1)27-23-17-9-7-15-21(23)26-25(27)22-16-8-10-18-24(22)28(26)20-13-5-2-6-14-20/h1-18H. The van der Waals surface area contributed by atoms with Crippen molar-refractivity contribution in [3.63, 3.8) is 0 Å². The van der Waals surface area contributed by atoms with Crippen molar-refractivity contribution in [1.29, 1.82) is 0 Å². The van der Waals surface area contributed by atoms with Crippen LogP contribution in [-0.4, -0.2) is 9.13 Å². The van der Waals surface area contributed by atoms with Gasteiger partial charge in [-0.05, 0) is 36.4 Å². The Balaban J connectivity index is 1.91. The zero-order valence-electron chi connectivity index (χ0n) is 15.3. The van der Waals surface area contributed by atoms with Crippen LogP contribution in [0.2, 0.25) is 0 Å². The molecule has 28 heavy (non-hydrogen) atoms. The molecule has 132 valence electrons. The number of hydrogen-bond donors (Lipinski definition) is 0. The third-order valence-electron chi connectivity index (χ3n) is 5.50. The summed E-state index contributed by atoms with van der Waals surface area (Å²) in [7, 11) is 0. The number of rotatable bonds is 2. The van der Waals surface area contributed by atoms with E-state index in [-0.39, 0.29) is 0 Å². The van der Waals surface area contributed by atoms with Crippen LogP contribution >= 0.6 is 0 Å². The maximum atomic E-state index is 2.40. The molecule has 0 aliphatic rings. The van der Waals surface area contributed by atoms with E-state index in [4.69, 9.17) is 0 Å². The molecule has 2 heterocycles. The molecule has 0 bridgehead atoms. The average Bonchev–Trinajstić information content (AvgIpc) is 3.28. The molecule has 0 aliphatic heterocycles. The van der Waals surface area contributed by atoms with E-state index in [2.05, 4.69) is 118 Å². The first-order chi connectivity index (χ1) is 13.9. The topological polar surface area (TPSA) is 9.86 Å². The molecule has 0 atom stereocenters. The predicted molar refractivity (Wildman–Crippen MR) is 118 cm³/mol. The number of benzene rings is 4. The highest BCUT2D eigenvalue weighted by atomic mass is 15.1. The molecule has 4 aromatic carbocycles. The van der Waals surface area contributed by atoms with Crippen LogP contribution in [0.5, 0.6) is 0 Å². The molecule has 0 spiro atoms. The van der Waals surface area contributed by atoms with E-state index < -0.39 is 0 Å². The second-order valence-electron chi connectivity index (χ2n) is 7.07. The SMILES string of the molecule is c1ccc(-n2c3ccccc3c3c2c2ccccc2n3-c2ccccc2)cc1. The van der Waals surface area contributed by atoms with E-state index in [1.54, 1.807) is 0 Å². The molecule has 0 aliphatic carbocycles. The lowest BCUT2D eigenvalue weighted by atomic mass is 10.2. The fourth-order valence-electron chi connectivity index (χ4n) is 4.38. The van der Waals surface area contributed by atoms with Crippen LogP contribution in [0.25, 0.3) is 44.2 Å². The average molecular weight is 358 g/mol. The van der Waals surface area contributed by atoms with E-state index in [0.717, 1.165) is 0 Å². The first-order valence-electron chi connectivity index (χ1n) is 9.57. The fraction of sp³-hybridized carbons (Fsp3) is 0. The van der Waals surface area contributed by atoms with Gasteiger partial charge in [-0.1, -0.05) is 72.8 Å². The third kappa shape index (κ3) is 2.03. The van der Waals surface area contributed by atoms with Gasteiger partial charge in [-0.2, -0.15) is 0 Å². The minimum absolute atomic E-state index is 1.18. The van der Waals surface area contributed by atoms with Gasteiger partial charge in [0.25, 0.3) is 0 Å². The largest absolute Gasteiger partial charge is 0.307 e. The normalized spacial score (nSPS) is 11.6. The molecule has 0 N–H and O–H groups in total. The number of aromatic nitrogens is 2. The van der Waals surface area contributed by atoms with Crippen molar-refractivity contribution >= 4 is 32.8 Å². The van der Waals surface area contributed by atoms with Crippen LogP contribution in [0.3, 0.4) is 0 Å². The smallest absolute Gasteiger partial charge is 0.0803 e. The van der Waals surface area contributed by atoms with Gasteiger partial charge >= 0.3 is 0 Å². The molecule has 0 radical (unpaired) electrons. The van der Waals surface area contributed by atoms with Gasteiger partial charge in [-0.25, -0.2) is 0 Å². The van der Waals surface area contributed by atoms with Gasteiger partial charge in [0, 0.05) is 22.1 Å². The number of hydrogen-bond acceptors (Lipinski definition) is 0. The number of fused-ring (bicyclic) bond motifs is 5. The van der Waals surface area contributed by atoms with Crippen molar-refractivity contribution < 1.29 is 0 Å². The third-order valence-corrected chi connectivity index (χ3v) is 5.50. The molecule has 6 aromatic rings. The van der Waals surface area contributed by atoms with Crippen LogP contribution < -0.4 is 0 Å². The Kier molecular flexibility index (Phi) is 3.20. The highest BCUT2D eigenvalue weighted by Gasteiger charge is 2.21. The van der Waals surface area contributed by atoms with Gasteiger partial charge in [0.15, 0.2) is 0 Å². The molecule has 0 saturated heterocycles. The zero-order valence-corrected chi connectivity index (χ0v) is 15.3. The lowest BCUT2D eigenvalue weighted by Crippen LogP contribution is -1.93. The maximum absolute atomic E-state index is 2.40. The molecule has 2 aromatic heterocycles. The van der Waals surface area contributed by atoms with E-state index >= 15 is 0 Å². The fourth-order valence-corrected chi connectivity index (χ4v) is 4.38. The Labute approximate surface area is 162 Å². The summed E-state index contributed by atoms with van der Waals surface area (Å²) in [6.45, 7) is 0. The minimum Gasteiger partial charge on any atom is -0.307 e. The van der Waals surface area contributed by atoms with Crippen molar-refractivity contribution in [2.24, 2.45) is 0 Å². The Bertz CT molecular complexity index is 1320. The molecule has 6 rings (SSSR count). The van der Waals surface area contributed by atoms with Gasteiger partial charge in [-0.15, -0.1) is 0 Å². The summed E-state index contributed by atoms with van der Waals surface area (Å²) in [5.74, 6) is 0. The summed E-state index contributed by atoms with van der Waals surface area (Å²) in [6, 6.07) is 38.7. The summed E-state index contributed by atoms with van der Waals surface area (Å²) >= 11 is 0. The van der Waals surface area contributed by atoms with Crippen LogP contribution in [0.1, 0.15) is 0 Å². The van der Waals surface area contributed by atoms with Crippen LogP contribution in [-0.2, 0) is 0 Å². The summed E-state index contributed by atoms with van der Waals surface area (Å²) in [5, 5.41) is 2.53. The summed E-state index contributed by atoms with van der Waals surface area (Å²) in [4.78, 5) is 0. The lowest BCUT2D eigenvalue weighted by Gasteiger charge is -2.08. The van der Waals surface area contributed by atoms with Gasteiger partial charge < -0.3 is 9.13 Å². The summed E-state index contributed by atoms with van der Waals surface area (Å²) in [6.07, 6.45) is 0. The van der Waals surface area contributed by atoms with E-state index in [1.165, 1.54) is 44.2 Å². The minimum atomic E-state index is 1.18. The molecular formula is C26H18N2. The Hall–Kier alpha value is -3.78. The Morgan fingerprint density at radius 1 is 0.357 bits per heavy atom. The molecule has 0 unspecified atom stereocenters. The quantitative estimate of drug-likeness (QED) is 0.325. The Morgan fingerprint density at radius 2 is 0.714 bits per heavy atom. The van der Waals surface area contributed by atoms with Crippen molar-refractivity contribution in [3.05, 3.63) is 109 Å². The maximum Gasteiger partial charge on any atom is 0.0803 e. The summed E-state index contributed by atoms with van der Waals surface area (Å²) in [5.41, 5.74) is 7.34. The molecule has 0 fully saturated rings. The van der Waals surface area contributed by atoms with Gasteiger partial charge in [0.05, 0.1) is 22.1 Å². The summed E-state index contributed by atoms with van der Waals surface area (Å²) < 4.78 is 4.79. The molecule has 2 nitrogen and oxygen atoms in total. The second-order valence-corrected chi connectivity index (χ2v) is 7.07. The van der Waals surface area contributed by atoms with Gasteiger partial charge in [0.2, 0.25) is 0 Å². The van der Waals surface area contributed by atoms with E-state index in [9.17, 15) is 0 Å². The highest BCUT2D eigenvalue weighted by molar-refractivity contribution is 6.19. The first kappa shape index (κ1) is 15.3. The number of para-hydroxylation sites is 4. The van der Waals surface area contributed by atoms with Crippen molar-refractivity contribution in [2.45, 2.75) is 0 Å². The zero-order chi connectivity index (χ0) is 18.5. The van der Waals surface area contributed by atoms with Gasteiger partial charge in [-0.3, -0.25) is 0 Å². The molecular weight excluding hydrogens is 340 g/mol. The monoisotopic (exact) mass is 358 g/mol. The van der Waals surface area contributed by atoms with Crippen molar-refractivity contribution in [1.82, 2.24) is 9.13 Å². The van der Waals surface area contributed by atoms with Crippen LogP contribution in [0, 0.1) is 0 Å². The van der Waals surface area contributed by atoms with Crippen molar-refractivity contribution in [2.75, 3.05) is 0 Å². The lowest BCUT2D eigenvalue weighted by molar-refractivity contribution is 1.17. The second kappa shape index (κ2) is 5.86. The van der Waals surface area contributed by atoms with Crippen molar-refractivity contribution in [3.8, 4) is 11.4 Å². The van der Waals surface area contributed by atoms with E-state index in [1.807, 2.05) is 0 Å². The molecule has 0 saturated carbocycles. The highest BCUT2D eigenvalue weighted by Crippen LogP contribution is 2.40.